The lowest BCUT2D eigenvalue weighted by molar-refractivity contribution is 0.765. The van der Waals surface area contributed by atoms with E-state index in [0.717, 1.165) is 11.6 Å². The van der Waals surface area contributed by atoms with Crippen molar-refractivity contribution >= 4 is 24.2 Å². The molecule has 2 nitrogen and oxygen atoms in total. The molecule has 0 aromatic heterocycles. The van der Waals surface area contributed by atoms with Gasteiger partial charge in [0.05, 0.1) is 6.07 Å². The zero-order valence-electron chi connectivity index (χ0n) is 4.26. The number of hydrogen-bond acceptors (Lipinski definition) is 3. The van der Waals surface area contributed by atoms with Crippen LogP contribution in [0.5, 0.6) is 0 Å². The van der Waals surface area contributed by atoms with Crippen LogP contribution in [0.3, 0.4) is 0 Å². The number of nitrogens with zero attached hydrogens (tertiary/aromatic N) is 1. The van der Waals surface area contributed by atoms with Gasteiger partial charge in [-0.1, -0.05) is 0 Å². The molecule has 0 bridgehead atoms. The molecule has 1 aliphatic rings. The summed E-state index contributed by atoms with van der Waals surface area (Å²) >= 11 is 1.77. The van der Waals surface area contributed by atoms with Gasteiger partial charge >= 0.3 is 0 Å². The second-order valence-corrected chi connectivity index (χ2v) is 2.43. The third-order valence-electron chi connectivity index (χ3n) is 0.872. The maximum absolute atomic E-state index is 8.24. The van der Waals surface area contributed by atoms with Crippen LogP contribution < -0.4 is 5.32 Å². The van der Waals surface area contributed by atoms with Crippen LogP contribution in [0.2, 0.25) is 0 Å². The van der Waals surface area contributed by atoms with Crippen LogP contribution >= 0.6 is 24.2 Å². The van der Waals surface area contributed by atoms with E-state index in [0.29, 0.717) is 0 Å². The van der Waals surface area contributed by atoms with Crippen molar-refractivity contribution in [2.45, 2.75) is 6.04 Å². The molecule has 4 heteroatoms. The average molecular weight is 151 g/mol. The second kappa shape index (κ2) is 4.02. The summed E-state index contributed by atoms with van der Waals surface area (Å²) < 4.78 is 0. The SMILES string of the molecule is Cl.N#C[C@H]1CSCN1. The number of rotatable bonds is 0. The molecule has 1 heterocycles. The van der Waals surface area contributed by atoms with Crippen molar-refractivity contribution in [3.8, 4) is 6.07 Å². The smallest absolute Gasteiger partial charge is 0.105 e. The molecule has 0 unspecified atom stereocenters. The van der Waals surface area contributed by atoms with Crippen molar-refractivity contribution in [2.75, 3.05) is 11.6 Å². The highest BCUT2D eigenvalue weighted by molar-refractivity contribution is 7.99. The number of halogens is 1. The first-order valence-corrected chi connectivity index (χ1v) is 3.29. The van der Waals surface area contributed by atoms with Crippen LogP contribution in [0, 0.1) is 11.3 Å². The average Bonchev–Trinajstić information content (AvgIpc) is 2.14. The van der Waals surface area contributed by atoms with Gasteiger partial charge in [-0.25, -0.2) is 0 Å². The maximum atomic E-state index is 8.24. The molecule has 0 spiro atoms. The van der Waals surface area contributed by atoms with Gasteiger partial charge < -0.3 is 0 Å². The van der Waals surface area contributed by atoms with E-state index < -0.39 is 0 Å². The van der Waals surface area contributed by atoms with Crippen LogP contribution in [0.25, 0.3) is 0 Å². The largest absolute Gasteiger partial charge is 0.292 e. The van der Waals surface area contributed by atoms with Crippen LogP contribution in [-0.2, 0) is 0 Å². The quantitative estimate of drug-likeness (QED) is 0.549. The van der Waals surface area contributed by atoms with E-state index in [2.05, 4.69) is 11.4 Å². The Labute approximate surface area is 59.0 Å². The summed E-state index contributed by atoms with van der Waals surface area (Å²) in [6, 6.07) is 2.25. The maximum Gasteiger partial charge on any atom is 0.105 e. The molecule has 1 saturated heterocycles. The Kier molecular flexibility index (Phi) is 4.06. The van der Waals surface area contributed by atoms with Gasteiger partial charge in [0.15, 0.2) is 0 Å². The zero-order valence-corrected chi connectivity index (χ0v) is 5.89. The third-order valence-corrected chi connectivity index (χ3v) is 1.81. The predicted octanol–water partition coefficient (Wildman–Crippen LogP) is 0.594. The molecular weight excluding hydrogens is 144 g/mol. The molecule has 0 amide bonds. The molecular formula is C4H7ClN2S. The molecule has 1 atom stereocenters. The third kappa shape index (κ3) is 1.91. The summed E-state index contributed by atoms with van der Waals surface area (Å²) in [5.41, 5.74) is 0. The summed E-state index contributed by atoms with van der Waals surface area (Å²) in [6.07, 6.45) is 0. The van der Waals surface area contributed by atoms with Crippen LogP contribution in [-0.4, -0.2) is 17.7 Å². The fraction of sp³-hybridized carbons (Fsp3) is 0.750. The van der Waals surface area contributed by atoms with Crippen molar-refractivity contribution < 1.29 is 0 Å². The van der Waals surface area contributed by atoms with Crippen LogP contribution in [0.4, 0.5) is 0 Å². The molecule has 0 aliphatic carbocycles. The van der Waals surface area contributed by atoms with Crippen molar-refractivity contribution in [1.29, 1.82) is 5.26 Å². The summed E-state index contributed by atoms with van der Waals surface area (Å²) in [5.74, 6) is 1.90. The molecule has 0 saturated carbocycles. The van der Waals surface area contributed by atoms with Crippen molar-refractivity contribution in [3.05, 3.63) is 0 Å². The van der Waals surface area contributed by atoms with Gasteiger partial charge in [0.1, 0.15) is 6.04 Å². The first-order valence-electron chi connectivity index (χ1n) is 2.14. The highest BCUT2D eigenvalue weighted by atomic mass is 35.5. The van der Waals surface area contributed by atoms with Crippen molar-refractivity contribution in [3.63, 3.8) is 0 Å². The van der Waals surface area contributed by atoms with E-state index in [4.69, 9.17) is 5.26 Å². The first kappa shape index (κ1) is 8.09. The van der Waals surface area contributed by atoms with Gasteiger partial charge in [-0.3, -0.25) is 5.32 Å². The van der Waals surface area contributed by atoms with Crippen molar-refractivity contribution in [2.24, 2.45) is 0 Å². The number of thioether (sulfide) groups is 1. The van der Waals surface area contributed by atoms with E-state index in [1.54, 1.807) is 11.8 Å². The highest BCUT2D eigenvalue weighted by Crippen LogP contribution is 2.07. The minimum atomic E-state index is 0. The molecule has 0 aromatic carbocycles. The molecule has 46 valence electrons. The monoisotopic (exact) mass is 150 g/mol. The van der Waals surface area contributed by atoms with Crippen LogP contribution in [0.1, 0.15) is 0 Å². The standard InChI is InChI=1S/C4H6N2S.ClH/c5-1-4-2-7-3-6-4;/h4,6H,2-3H2;1H/t4-;/m0./s1. The Bertz CT molecular complexity index is 94.7. The van der Waals surface area contributed by atoms with Gasteiger partial charge in [-0.2, -0.15) is 5.26 Å². The molecule has 1 N–H and O–H groups in total. The van der Waals surface area contributed by atoms with Gasteiger partial charge in [0.2, 0.25) is 0 Å². The summed E-state index contributed by atoms with van der Waals surface area (Å²) in [7, 11) is 0. The number of nitriles is 1. The fourth-order valence-electron chi connectivity index (χ4n) is 0.478. The Hall–Kier alpha value is 0.0900. The zero-order chi connectivity index (χ0) is 5.11. The van der Waals surface area contributed by atoms with Gasteiger partial charge in [0.25, 0.3) is 0 Å². The lowest BCUT2D eigenvalue weighted by Crippen LogP contribution is -2.20. The molecule has 1 aliphatic heterocycles. The predicted molar refractivity (Wildman–Crippen MR) is 37.1 cm³/mol. The minimum absolute atomic E-state index is 0. The lowest BCUT2D eigenvalue weighted by Gasteiger charge is -1.90. The summed E-state index contributed by atoms with van der Waals surface area (Å²) in [4.78, 5) is 0. The van der Waals surface area contributed by atoms with E-state index in [-0.39, 0.29) is 18.4 Å². The van der Waals surface area contributed by atoms with E-state index in [1.165, 1.54) is 0 Å². The number of nitrogens with one attached hydrogen (secondary N) is 1. The Balaban J connectivity index is 0.000000490. The Morgan fingerprint density at radius 1 is 1.75 bits per heavy atom. The summed E-state index contributed by atoms with van der Waals surface area (Å²) in [5, 5.41) is 11.2. The minimum Gasteiger partial charge on any atom is -0.292 e. The molecule has 1 fully saturated rings. The molecule has 1 rings (SSSR count). The lowest BCUT2D eigenvalue weighted by atomic mass is 10.4. The van der Waals surface area contributed by atoms with Crippen molar-refractivity contribution in [1.82, 2.24) is 5.32 Å². The Morgan fingerprint density at radius 2 is 2.50 bits per heavy atom. The van der Waals surface area contributed by atoms with Gasteiger partial charge in [0, 0.05) is 11.6 Å². The van der Waals surface area contributed by atoms with Crippen LogP contribution in [0.15, 0.2) is 0 Å². The molecule has 0 radical (unpaired) electrons. The van der Waals surface area contributed by atoms with Gasteiger partial charge in [-0.15, -0.1) is 24.2 Å². The Morgan fingerprint density at radius 3 is 2.75 bits per heavy atom. The number of hydrogen-bond donors (Lipinski definition) is 1. The second-order valence-electron chi connectivity index (χ2n) is 1.40. The fourth-order valence-corrected chi connectivity index (χ4v) is 1.34. The first-order chi connectivity index (χ1) is 3.43. The molecule has 8 heavy (non-hydrogen) atoms. The summed E-state index contributed by atoms with van der Waals surface area (Å²) in [6.45, 7) is 0. The topological polar surface area (TPSA) is 35.8 Å². The van der Waals surface area contributed by atoms with E-state index in [9.17, 15) is 0 Å². The van der Waals surface area contributed by atoms with E-state index in [1.807, 2.05) is 0 Å². The van der Waals surface area contributed by atoms with Gasteiger partial charge in [-0.05, 0) is 0 Å². The highest BCUT2D eigenvalue weighted by Gasteiger charge is 2.11. The normalized spacial score (nSPS) is 26.1. The molecule has 0 aromatic rings. The van der Waals surface area contributed by atoms with E-state index >= 15 is 0 Å².